The Morgan fingerprint density at radius 1 is 1.31 bits per heavy atom. The molecule has 0 aromatic heterocycles. The standard InChI is InChI=1S/C8H16N2O3/c1-13-7(11)5-3-2-4-6-10-8(9)12/h2-6H2,1H3,(H3,9,10,12). The minimum absolute atomic E-state index is 0.192. The van der Waals surface area contributed by atoms with E-state index in [1.807, 2.05) is 0 Å². The van der Waals surface area contributed by atoms with Gasteiger partial charge in [0.2, 0.25) is 0 Å². The van der Waals surface area contributed by atoms with E-state index >= 15 is 0 Å². The van der Waals surface area contributed by atoms with Crippen LogP contribution in [0, 0.1) is 0 Å². The molecule has 0 saturated carbocycles. The van der Waals surface area contributed by atoms with Crippen molar-refractivity contribution in [3.05, 3.63) is 0 Å². The third-order valence-electron chi connectivity index (χ3n) is 1.58. The summed E-state index contributed by atoms with van der Waals surface area (Å²) in [5.41, 5.74) is 4.85. The third kappa shape index (κ3) is 8.65. The van der Waals surface area contributed by atoms with Gasteiger partial charge in [-0.05, 0) is 12.8 Å². The number of amides is 2. The van der Waals surface area contributed by atoms with Gasteiger partial charge in [-0.3, -0.25) is 4.79 Å². The van der Waals surface area contributed by atoms with Crippen LogP contribution in [0.25, 0.3) is 0 Å². The molecule has 76 valence electrons. The molecule has 0 spiro atoms. The Bertz CT molecular complexity index is 171. The summed E-state index contributed by atoms with van der Waals surface area (Å²) in [6.07, 6.45) is 2.94. The average molecular weight is 188 g/mol. The van der Waals surface area contributed by atoms with Crippen molar-refractivity contribution in [1.82, 2.24) is 5.32 Å². The van der Waals surface area contributed by atoms with E-state index in [1.165, 1.54) is 7.11 Å². The van der Waals surface area contributed by atoms with Crippen LogP contribution in [0.4, 0.5) is 4.79 Å². The third-order valence-corrected chi connectivity index (χ3v) is 1.58. The predicted octanol–water partition coefficient (Wildman–Crippen LogP) is 0.388. The summed E-state index contributed by atoms with van der Waals surface area (Å²) in [6, 6.07) is -0.507. The maximum absolute atomic E-state index is 10.6. The molecule has 5 heteroatoms. The number of hydrogen-bond donors (Lipinski definition) is 2. The Morgan fingerprint density at radius 3 is 2.54 bits per heavy atom. The number of methoxy groups -OCH3 is 1. The first-order valence-corrected chi connectivity index (χ1v) is 4.27. The van der Waals surface area contributed by atoms with E-state index in [1.54, 1.807) is 0 Å². The number of hydrogen-bond acceptors (Lipinski definition) is 3. The Morgan fingerprint density at radius 2 is 2.00 bits per heavy atom. The van der Waals surface area contributed by atoms with Gasteiger partial charge in [-0.1, -0.05) is 6.42 Å². The number of unbranched alkanes of at least 4 members (excludes halogenated alkanes) is 2. The van der Waals surface area contributed by atoms with Crippen molar-refractivity contribution in [3.63, 3.8) is 0 Å². The smallest absolute Gasteiger partial charge is 0.312 e. The van der Waals surface area contributed by atoms with Crippen molar-refractivity contribution in [2.24, 2.45) is 5.73 Å². The van der Waals surface area contributed by atoms with Crippen molar-refractivity contribution >= 4 is 12.0 Å². The van der Waals surface area contributed by atoms with Crippen molar-refractivity contribution in [2.45, 2.75) is 25.7 Å². The number of primary amides is 1. The van der Waals surface area contributed by atoms with Crippen LogP contribution in [0.5, 0.6) is 0 Å². The van der Waals surface area contributed by atoms with E-state index < -0.39 is 6.03 Å². The fourth-order valence-electron chi connectivity index (χ4n) is 0.885. The summed E-state index contributed by atoms with van der Waals surface area (Å²) < 4.78 is 4.47. The van der Waals surface area contributed by atoms with Crippen LogP contribution in [-0.2, 0) is 9.53 Å². The second-order valence-corrected chi connectivity index (χ2v) is 2.68. The maximum atomic E-state index is 10.6. The first-order chi connectivity index (χ1) is 6.16. The van der Waals surface area contributed by atoms with Crippen LogP contribution >= 0.6 is 0 Å². The molecule has 0 unspecified atom stereocenters. The number of carbonyl (C=O) groups excluding carboxylic acids is 2. The summed E-state index contributed by atoms with van der Waals surface area (Å²) in [5, 5.41) is 2.47. The topological polar surface area (TPSA) is 81.4 Å². The van der Waals surface area contributed by atoms with E-state index in [0.717, 1.165) is 19.3 Å². The minimum Gasteiger partial charge on any atom is -0.469 e. The molecule has 0 saturated heterocycles. The molecule has 0 radical (unpaired) electrons. The first-order valence-electron chi connectivity index (χ1n) is 4.27. The van der Waals surface area contributed by atoms with Gasteiger partial charge in [-0.2, -0.15) is 0 Å². The van der Waals surface area contributed by atoms with E-state index in [-0.39, 0.29) is 5.97 Å². The summed E-state index contributed by atoms with van der Waals surface area (Å²) in [6.45, 7) is 0.566. The molecule has 0 atom stereocenters. The number of carbonyl (C=O) groups is 2. The highest BCUT2D eigenvalue weighted by atomic mass is 16.5. The predicted molar refractivity (Wildman–Crippen MR) is 48.1 cm³/mol. The fourth-order valence-corrected chi connectivity index (χ4v) is 0.885. The zero-order valence-corrected chi connectivity index (χ0v) is 7.84. The van der Waals surface area contributed by atoms with Crippen LogP contribution in [-0.4, -0.2) is 25.7 Å². The SMILES string of the molecule is COC(=O)CCCCCNC(N)=O. The van der Waals surface area contributed by atoms with Crippen molar-refractivity contribution in [3.8, 4) is 0 Å². The second-order valence-electron chi connectivity index (χ2n) is 2.68. The Kier molecular flexibility index (Phi) is 6.68. The van der Waals surface area contributed by atoms with Gasteiger partial charge < -0.3 is 15.8 Å². The van der Waals surface area contributed by atoms with Gasteiger partial charge >= 0.3 is 12.0 Å². The lowest BCUT2D eigenvalue weighted by Crippen LogP contribution is -2.29. The first kappa shape index (κ1) is 11.7. The highest BCUT2D eigenvalue weighted by Gasteiger charge is 1.98. The second kappa shape index (κ2) is 7.39. The highest BCUT2D eigenvalue weighted by molar-refractivity contribution is 5.71. The lowest BCUT2D eigenvalue weighted by Gasteiger charge is -2.01. The number of rotatable bonds is 6. The lowest BCUT2D eigenvalue weighted by atomic mass is 10.2. The molecule has 0 fully saturated rings. The maximum Gasteiger partial charge on any atom is 0.312 e. The normalized spacial score (nSPS) is 9.31. The molecule has 0 bridgehead atoms. The van der Waals surface area contributed by atoms with Crippen molar-refractivity contribution in [2.75, 3.05) is 13.7 Å². The van der Waals surface area contributed by atoms with Crippen LogP contribution in [0.1, 0.15) is 25.7 Å². The quantitative estimate of drug-likeness (QED) is 0.467. The summed E-state index contributed by atoms with van der Waals surface area (Å²) in [5.74, 6) is -0.192. The van der Waals surface area contributed by atoms with Gasteiger partial charge in [0.1, 0.15) is 0 Å². The van der Waals surface area contributed by atoms with Gasteiger partial charge in [-0.15, -0.1) is 0 Å². The molecule has 0 rings (SSSR count). The van der Waals surface area contributed by atoms with Crippen LogP contribution < -0.4 is 11.1 Å². The van der Waals surface area contributed by atoms with Crippen molar-refractivity contribution < 1.29 is 14.3 Å². The molecule has 0 aromatic carbocycles. The largest absolute Gasteiger partial charge is 0.469 e. The van der Waals surface area contributed by atoms with Crippen LogP contribution in [0.3, 0.4) is 0 Å². The molecule has 3 N–H and O–H groups in total. The fraction of sp³-hybridized carbons (Fsp3) is 0.750. The Hall–Kier alpha value is -1.26. The van der Waals surface area contributed by atoms with Crippen molar-refractivity contribution in [1.29, 1.82) is 0 Å². The monoisotopic (exact) mass is 188 g/mol. The summed E-state index contributed by atoms with van der Waals surface area (Å²) in [4.78, 5) is 20.9. The molecular formula is C8H16N2O3. The van der Waals surface area contributed by atoms with Gasteiger partial charge in [0.05, 0.1) is 7.11 Å². The van der Waals surface area contributed by atoms with E-state index in [4.69, 9.17) is 5.73 Å². The molecular weight excluding hydrogens is 172 g/mol. The van der Waals surface area contributed by atoms with Crippen LogP contribution in [0.2, 0.25) is 0 Å². The molecule has 0 heterocycles. The van der Waals surface area contributed by atoms with E-state index in [2.05, 4.69) is 10.1 Å². The van der Waals surface area contributed by atoms with E-state index in [0.29, 0.717) is 13.0 Å². The molecule has 5 nitrogen and oxygen atoms in total. The number of esters is 1. The average Bonchev–Trinajstić information content (AvgIpc) is 2.10. The van der Waals surface area contributed by atoms with Gasteiger partial charge in [0, 0.05) is 13.0 Å². The lowest BCUT2D eigenvalue weighted by molar-refractivity contribution is -0.140. The number of ether oxygens (including phenoxy) is 1. The minimum atomic E-state index is -0.507. The molecule has 2 amide bonds. The Balaban J connectivity index is 3.08. The summed E-state index contributed by atoms with van der Waals surface area (Å²) in [7, 11) is 1.37. The molecule has 0 aliphatic carbocycles. The zero-order valence-electron chi connectivity index (χ0n) is 7.84. The summed E-state index contributed by atoms with van der Waals surface area (Å²) >= 11 is 0. The van der Waals surface area contributed by atoms with E-state index in [9.17, 15) is 9.59 Å². The number of urea groups is 1. The van der Waals surface area contributed by atoms with Gasteiger partial charge in [0.15, 0.2) is 0 Å². The molecule has 0 aliphatic heterocycles. The highest BCUT2D eigenvalue weighted by Crippen LogP contribution is 1.99. The number of nitrogens with two attached hydrogens (primary N) is 1. The Labute approximate surface area is 77.6 Å². The van der Waals surface area contributed by atoms with Crippen LogP contribution in [0.15, 0.2) is 0 Å². The molecule has 13 heavy (non-hydrogen) atoms. The zero-order chi connectivity index (χ0) is 10.1. The van der Waals surface area contributed by atoms with Gasteiger partial charge in [0.25, 0.3) is 0 Å². The van der Waals surface area contributed by atoms with Gasteiger partial charge in [-0.25, -0.2) is 4.79 Å². The molecule has 0 aromatic rings. The number of nitrogens with one attached hydrogen (secondary N) is 1. The molecule has 0 aliphatic rings.